The monoisotopic (exact) mass is 276 g/mol. The molecule has 2 N–H and O–H groups in total. The molecule has 1 aromatic carbocycles. The van der Waals surface area contributed by atoms with Crippen molar-refractivity contribution in [1.82, 2.24) is 0 Å². The van der Waals surface area contributed by atoms with Gasteiger partial charge in [0.2, 0.25) is 0 Å². The Kier molecular flexibility index (Phi) is 3.42. The Morgan fingerprint density at radius 2 is 2.10 bits per heavy atom. The van der Waals surface area contributed by atoms with E-state index in [0.717, 1.165) is 36.8 Å². The Hall–Kier alpha value is -1.55. The van der Waals surface area contributed by atoms with Crippen LogP contribution in [0.15, 0.2) is 18.2 Å². The molecular weight excluding hydrogens is 256 g/mol. The number of phenols is 1. The molecule has 0 radical (unpaired) electrons. The summed E-state index contributed by atoms with van der Waals surface area (Å²) in [5, 5.41) is 19.3. The number of aliphatic carboxylic acids is 1. The van der Waals surface area contributed by atoms with Crippen LogP contribution in [-0.4, -0.2) is 29.4 Å². The lowest BCUT2D eigenvalue weighted by atomic mass is 9.58. The van der Waals surface area contributed by atoms with Crippen LogP contribution in [-0.2, 0) is 21.4 Å². The summed E-state index contributed by atoms with van der Waals surface area (Å²) in [5.74, 6) is -0.246. The maximum atomic E-state index is 11.2. The summed E-state index contributed by atoms with van der Waals surface area (Å²) in [7, 11) is 0. The van der Waals surface area contributed by atoms with Crippen LogP contribution in [0.1, 0.15) is 36.8 Å². The number of fused-ring (bicyclic) bond motifs is 2. The Morgan fingerprint density at radius 1 is 1.35 bits per heavy atom. The minimum absolute atomic E-state index is 0.136. The molecule has 0 aromatic heterocycles. The smallest absolute Gasteiger partial charge is 0.303 e. The molecule has 0 bridgehead atoms. The maximum absolute atomic E-state index is 11.2. The van der Waals surface area contributed by atoms with Gasteiger partial charge < -0.3 is 14.9 Å². The lowest BCUT2D eigenvalue weighted by Gasteiger charge is -2.47. The molecule has 0 saturated carbocycles. The highest BCUT2D eigenvalue weighted by Gasteiger charge is 2.46. The second-order valence-electron chi connectivity index (χ2n) is 5.91. The SMILES string of the molecule is O=C(O)CC1CCc2c(O)cccc2C12CCOCC2. The third-order valence-corrected chi connectivity index (χ3v) is 5.02. The maximum Gasteiger partial charge on any atom is 0.303 e. The summed E-state index contributed by atoms with van der Waals surface area (Å²) in [4.78, 5) is 11.2. The highest BCUT2D eigenvalue weighted by atomic mass is 16.5. The van der Waals surface area contributed by atoms with Crippen molar-refractivity contribution >= 4 is 5.97 Å². The van der Waals surface area contributed by atoms with E-state index in [9.17, 15) is 15.0 Å². The van der Waals surface area contributed by atoms with Crippen LogP contribution in [0.25, 0.3) is 0 Å². The Bertz CT molecular complexity index is 517. The van der Waals surface area contributed by atoms with E-state index >= 15 is 0 Å². The van der Waals surface area contributed by atoms with Gasteiger partial charge in [-0.2, -0.15) is 0 Å². The van der Waals surface area contributed by atoms with Gasteiger partial charge in [0.15, 0.2) is 0 Å². The van der Waals surface area contributed by atoms with Gasteiger partial charge in [0.05, 0.1) is 0 Å². The van der Waals surface area contributed by atoms with Crippen molar-refractivity contribution in [2.75, 3.05) is 13.2 Å². The Balaban J connectivity index is 2.07. The van der Waals surface area contributed by atoms with Crippen LogP contribution in [0.5, 0.6) is 5.75 Å². The van der Waals surface area contributed by atoms with E-state index in [2.05, 4.69) is 6.07 Å². The Morgan fingerprint density at radius 3 is 2.80 bits per heavy atom. The molecular formula is C16H20O4. The first-order valence-electron chi connectivity index (χ1n) is 7.24. The topological polar surface area (TPSA) is 66.8 Å². The molecule has 4 heteroatoms. The van der Waals surface area contributed by atoms with E-state index < -0.39 is 5.97 Å². The summed E-state index contributed by atoms with van der Waals surface area (Å²) < 4.78 is 5.49. The highest BCUT2D eigenvalue weighted by Crippen LogP contribution is 2.51. The van der Waals surface area contributed by atoms with Crippen molar-refractivity contribution in [3.05, 3.63) is 29.3 Å². The molecule has 0 amide bonds. The molecule has 1 fully saturated rings. The van der Waals surface area contributed by atoms with Crippen molar-refractivity contribution in [2.45, 2.75) is 37.5 Å². The predicted molar refractivity (Wildman–Crippen MR) is 73.9 cm³/mol. The van der Waals surface area contributed by atoms with E-state index in [1.807, 2.05) is 6.07 Å². The molecule has 2 aliphatic rings. The molecule has 1 aromatic rings. The van der Waals surface area contributed by atoms with Crippen molar-refractivity contribution in [3.8, 4) is 5.75 Å². The number of benzene rings is 1. The van der Waals surface area contributed by atoms with Gasteiger partial charge >= 0.3 is 5.97 Å². The van der Waals surface area contributed by atoms with Crippen molar-refractivity contribution in [2.24, 2.45) is 5.92 Å². The normalized spacial score (nSPS) is 24.3. The first kappa shape index (κ1) is 13.4. The van der Waals surface area contributed by atoms with Gasteiger partial charge in [-0.25, -0.2) is 0 Å². The van der Waals surface area contributed by atoms with Crippen LogP contribution in [0.3, 0.4) is 0 Å². The third-order valence-electron chi connectivity index (χ3n) is 5.02. The molecule has 1 atom stereocenters. The van der Waals surface area contributed by atoms with Gasteiger partial charge in [0, 0.05) is 25.0 Å². The predicted octanol–water partition coefficient (Wildman–Crippen LogP) is 2.48. The average molecular weight is 276 g/mol. The van der Waals surface area contributed by atoms with Crippen molar-refractivity contribution < 1.29 is 19.7 Å². The number of rotatable bonds is 2. The summed E-state index contributed by atoms with van der Waals surface area (Å²) in [6.07, 6.45) is 3.50. The van der Waals surface area contributed by atoms with E-state index in [1.165, 1.54) is 0 Å². The zero-order chi connectivity index (χ0) is 14.2. The number of carbonyl (C=O) groups is 1. The molecule has 1 unspecified atom stereocenters. The fraction of sp³-hybridized carbons (Fsp3) is 0.562. The number of hydrogen-bond donors (Lipinski definition) is 2. The lowest BCUT2D eigenvalue weighted by molar-refractivity contribution is -0.139. The summed E-state index contributed by atoms with van der Waals surface area (Å²) in [6.45, 7) is 1.34. The molecule has 1 aliphatic heterocycles. The minimum Gasteiger partial charge on any atom is -0.508 e. The first-order valence-corrected chi connectivity index (χ1v) is 7.24. The second kappa shape index (κ2) is 5.09. The summed E-state index contributed by atoms with van der Waals surface area (Å²) in [5.41, 5.74) is 2.03. The number of carboxylic acids is 1. The molecule has 108 valence electrons. The van der Waals surface area contributed by atoms with E-state index in [4.69, 9.17) is 4.74 Å². The van der Waals surface area contributed by atoms with Gasteiger partial charge in [0.1, 0.15) is 5.75 Å². The molecule has 4 nitrogen and oxygen atoms in total. The van der Waals surface area contributed by atoms with E-state index in [0.29, 0.717) is 19.0 Å². The summed E-state index contributed by atoms with van der Waals surface area (Å²) in [6, 6.07) is 5.66. The van der Waals surface area contributed by atoms with Crippen LogP contribution in [0.2, 0.25) is 0 Å². The number of carboxylic acid groups (broad SMARTS) is 1. The van der Waals surface area contributed by atoms with Gasteiger partial charge in [-0.15, -0.1) is 0 Å². The van der Waals surface area contributed by atoms with Crippen LogP contribution in [0.4, 0.5) is 0 Å². The fourth-order valence-electron chi connectivity index (χ4n) is 4.04. The molecule has 1 aliphatic carbocycles. The molecule has 1 heterocycles. The van der Waals surface area contributed by atoms with Crippen molar-refractivity contribution in [3.63, 3.8) is 0 Å². The van der Waals surface area contributed by atoms with Crippen LogP contribution >= 0.6 is 0 Å². The van der Waals surface area contributed by atoms with E-state index in [1.54, 1.807) is 6.07 Å². The number of ether oxygens (including phenoxy) is 1. The fourth-order valence-corrected chi connectivity index (χ4v) is 4.04. The lowest BCUT2D eigenvalue weighted by Crippen LogP contribution is -2.44. The first-order chi connectivity index (χ1) is 9.63. The quantitative estimate of drug-likeness (QED) is 0.871. The zero-order valence-corrected chi connectivity index (χ0v) is 11.5. The van der Waals surface area contributed by atoms with Crippen LogP contribution < -0.4 is 0 Å². The highest BCUT2D eigenvalue weighted by molar-refractivity contribution is 5.67. The molecule has 3 rings (SSSR count). The standard InChI is InChI=1S/C16H20O4/c17-14-3-1-2-13-12(14)5-4-11(10-15(18)19)16(13)6-8-20-9-7-16/h1-3,11,17H,4-10H2,(H,18,19). The van der Waals surface area contributed by atoms with Crippen LogP contribution in [0, 0.1) is 5.92 Å². The average Bonchev–Trinajstić information content (AvgIpc) is 2.44. The van der Waals surface area contributed by atoms with Gasteiger partial charge in [-0.1, -0.05) is 12.1 Å². The number of hydrogen-bond acceptors (Lipinski definition) is 3. The van der Waals surface area contributed by atoms with Gasteiger partial charge in [-0.05, 0) is 48.8 Å². The van der Waals surface area contributed by atoms with Crippen molar-refractivity contribution in [1.29, 1.82) is 0 Å². The second-order valence-corrected chi connectivity index (χ2v) is 5.91. The molecule has 1 saturated heterocycles. The minimum atomic E-state index is -0.732. The molecule has 20 heavy (non-hydrogen) atoms. The number of phenolic OH excluding ortho intramolecular Hbond substituents is 1. The summed E-state index contributed by atoms with van der Waals surface area (Å²) >= 11 is 0. The van der Waals surface area contributed by atoms with Gasteiger partial charge in [-0.3, -0.25) is 4.79 Å². The van der Waals surface area contributed by atoms with Gasteiger partial charge in [0.25, 0.3) is 0 Å². The Labute approximate surface area is 118 Å². The van der Waals surface area contributed by atoms with E-state index in [-0.39, 0.29) is 17.8 Å². The zero-order valence-electron chi connectivity index (χ0n) is 11.5. The largest absolute Gasteiger partial charge is 0.508 e. The third kappa shape index (κ3) is 2.08. The molecule has 1 spiro atoms. The number of aromatic hydroxyl groups is 1.